The molecule has 2 aromatic carbocycles. The Morgan fingerprint density at radius 1 is 1.11 bits per heavy atom. The summed E-state index contributed by atoms with van der Waals surface area (Å²) in [4.78, 5) is 17.0. The quantitative estimate of drug-likeness (QED) is 0.725. The Hall–Kier alpha value is -2.37. The van der Waals surface area contributed by atoms with Crippen molar-refractivity contribution in [1.29, 1.82) is 0 Å². The number of rotatable bonds is 9. The van der Waals surface area contributed by atoms with Gasteiger partial charge in [0.1, 0.15) is 5.75 Å². The molecule has 0 saturated carbocycles. The second-order valence-corrected chi connectivity index (χ2v) is 7.46. The van der Waals surface area contributed by atoms with E-state index in [1.54, 1.807) is 7.11 Å². The van der Waals surface area contributed by atoms with Crippen molar-refractivity contribution in [2.75, 3.05) is 40.3 Å². The van der Waals surface area contributed by atoms with E-state index in [1.165, 1.54) is 18.4 Å². The highest BCUT2D eigenvalue weighted by atomic mass is 16.5. The Morgan fingerprint density at radius 3 is 2.50 bits per heavy atom. The predicted octanol–water partition coefficient (Wildman–Crippen LogP) is 3.08. The monoisotopic (exact) mass is 381 g/mol. The minimum absolute atomic E-state index is 0.0533. The van der Waals surface area contributed by atoms with Crippen molar-refractivity contribution in [1.82, 2.24) is 15.1 Å². The van der Waals surface area contributed by atoms with E-state index in [0.717, 1.165) is 30.9 Å². The van der Waals surface area contributed by atoms with Crippen LogP contribution in [0.2, 0.25) is 0 Å². The first-order valence-corrected chi connectivity index (χ1v) is 10.0. The van der Waals surface area contributed by atoms with Gasteiger partial charge in [-0.05, 0) is 44.6 Å². The van der Waals surface area contributed by atoms with Crippen molar-refractivity contribution in [2.24, 2.45) is 0 Å². The lowest BCUT2D eigenvalue weighted by Gasteiger charge is -2.29. The minimum Gasteiger partial charge on any atom is -0.496 e. The summed E-state index contributed by atoms with van der Waals surface area (Å²) >= 11 is 0. The molecule has 5 nitrogen and oxygen atoms in total. The van der Waals surface area contributed by atoms with Gasteiger partial charge >= 0.3 is 0 Å². The Kier molecular flexibility index (Phi) is 7.46. The topological polar surface area (TPSA) is 44.8 Å². The third-order valence-electron chi connectivity index (χ3n) is 5.28. The summed E-state index contributed by atoms with van der Waals surface area (Å²) in [5, 5.41) is 3.15. The van der Waals surface area contributed by atoms with Gasteiger partial charge in [0.15, 0.2) is 0 Å². The van der Waals surface area contributed by atoms with E-state index >= 15 is 0 Å². The van der Waals surface area contributed by atoms with Gasteiger partial charge in [-0.3, -0.25) is 14.6 Å². The van der Waals surface area contributed by atoms with Crippen molar-refractivity contribution < 1.29 is 9.53 Å². The lowest BCUT2D eigenvalue weighted by molar-refractivity contribution is -0.122. The van der Waals surface area contributed by atoms with E-state index in [9.17, 15) is 4.79 Å². The lowest BCUT2D eigenvalue weighted by atomic mass is 10.0. The van der Waals surface area contributed by atoms with Crippen LogP contribution < -0.4 is 10.1 Å². The molecule has 1 atom stereocenters. The van der Waals surface area contributed by atoms with Gasteiger partial charge in [0, 0.05) is 18.7 Å². The molecule has 28 heavy (non-hydrogen) atoms. The number of methoxy groups -OCH3 is 1. The maximum absolute atomic E-state index is 12.5. The number of likely N-dealkylation sites (N-methyl/N-ethyl adjacent to an activating group) is 1. The Bertz CT molecular complexity index is 745. The van der Waals surface area contributed by atoms with Crippen molar-refractivity contribution in [3.63, 3.8) is 0 Å². The van der Waals surface area contributed by atoms with Crippen LogP contribution in [0, 0.1) is 0 Å². The van der Waals surface area contributed by atoms with Gasteiger partial charge in [0.05, 0.1) is 19.7 Å². The maximum atomic E-state index is 12.5. The summed E-state index contributed by atoms with van der Waals surface area (Å²) < 4.78 is 5.58. The average Bonchev–Trinajstić information content (AvgIpc) is 3.23. The van der Waals surface area contributed by atoms with E-state index in [4.69, 9.17) is 4.74 Å². The molecule has 0 spiro atoms. The van der Waals surface area contributed by atoms with Crippen LogP contribution in [0.5, 0.6) is 5.75 Å². The van der Waals surface area contributed by atoms with E-state index in [0.29, 0.717) is 13.1 Å². The fourth-order valence-electron chi connectivity index (χ4n) is 3.89. The van der Waals surface area contributed by atoms with Gasteiger partial charge in [0.25, 0.3) is 0 Å². The van der Waals surface area contributed by atoms with Gasteiger partial charge in [-0.15, -0.1) is 0 Å². The summed E-state index contributed by atoms with van der Waals surface area (Å²) in [6.07, 6.45) is 2.42. The van der Waals surface area contributed by atoms with E-state index in [2.05, 4.69) is 28.4 Å². The number of nitrogens with one attached hydrogen (secondary N) is 1. The smallest absolute Gasteiger partial charge is 0.234 e. The number of amides is 1. The zero-order valence-electron chi connectivity index (χ0n) is 16.9. The molecule has 1 aliphatic heterocycles. The Morgan fingerprint density at radius 2 is 1.79 bits per heavy atom. The molecule has 1 saturated heterocycles. The largest absolute Gasteiger partial charge is 0.496 e. The first-order chi connectivity index (χ1) is 13.7. The molecule has 1 unspecified atom stereocenters. The second kappa shape index (κ2) is 10.2. The zero-order valence-corrected chi connectivity index (χ0v) is 16.9. The van der Waals surface area contributed by atoms with E-state index in [1.807, 2.05) is 48.3 Å². The summed E-state index contributed by atoms with van der Waals surface area (Å²) in [6, 6.07) is 18.5. The highest BCUT2D eigenvalue weighted by Gasteiger charge is 2.26. The Balaban J connectivity index is 1.59. The summed E-state index contributed by atoms with van der Waals surface area (Å²) in [7, 11) is 3.68. The molecule has 3 rings (SSSR count). The average molecular weight is 382 g/mol. The van der Waals surface area contributed by atoms with Gasteiger partial charge < -0.3 is 10.1 Å². The Labute approximate surface area is 168 Å². The van der Waals surface area contributed by atoms with Gasteiger partial charge in [0.2, 0.25) is 5.91 Å². The highest BCUT2D eigenvalue weighted by Crippen LogP contribution is 2.31. The van der Waals surface area contributed by atoms with Crippen molar-refractivity contribution in [3.05, 3.63) is 65.7 Å². The number of likely N-dealkylation sites (tertiary alicyclic amines) is 1. The highest BCUT2D eigenvalue weighted by molar-refractivity contribution is 5.78. The number of hydrogen-bond donors (Lipinski definition) is 1. The van der Waals surface area contributed by atoms with Crippen molar-refractivity contribution in [3.8, 4) is 5.75 Å². The number of hydrogen-bond acceptors (Lipinski definition) is 4. The van der Waals surface area contributed by atoms with E-state index in [-0.39, 0.29) is 11.9 Å². The fourth-order valence-corrected chi connectivity index (χ4v) is 3.89. The van der Waals surface area contributed by atoms with Crippen molar-refractivity contribution in [2.45, 2.75) is 25.4 Å². The molecule has 1 fully saturated rings. The minimum atomic E-state index is 0.0533. The third-order valence-corrected chi connectivity index (χ3v) is 5.28. The van der Waals surface area contributed by atoms with E-state index < -0.39 is 0 Å². The number of benzene rings is 2. The standard InChI is InChI=1S/C23H31N3O2/c1-25(17-19-10-4-3-5-11-19)18-23(27)24-16-21(26-14-8-9-15-26)20-12-6-7-13-22(20)28-2/h3-7,10-13,21H,8-9,14-18H2,1-2H3,(H,24,27). The number of carbonyl (C=O) groups excluding carboxylic acids is 1. The first-order valence-electron chi connectivity index (χ1n) is 10.0. The molecule has 5 heteroatoms. The number of carbonyl (C=O) groups is 1. The van der Waals surface area contributed by atoms with Crippen LogP contribution in [0.4, 0.5) is 0 Å². The molecule has 0 radical (unpaired) electrons. The van der Waals surface area contributed by atoms with Gasteiger partial charge in [-0.2, -0.15) is 0 Å². The van der Waals surface area contributed by atoms with Crippen molar-refractivity contribution >= 4 is 5.91 Å². The van der Waals surface area contributed by atoms with Crippen LogP contribution in [0.1, 0.15) is 30.0 Å². The first kappa shape index (κ1) is 20.4. The molecule has 1 amide bonds. The SMILES string of the molecule is COc1ccccc1C(CNC(=O)CN(C)Cc1ccccc1)N1CCCC1. The summed E-state index contributed by atoms with van der Waals surface area (Å²) in [6.45, 7) is 3.86. The van der Waals surface area contributed by atoms with Crippen LogP contribution in [0.25, 0.3) is 0 Å². The fraction of sp³-hybridized carbons (Fsp3) is 0.435. The molecule has 0 aliphatic carbocycles. The molecule has 2 aromatic rings. The van der Waals surface area contributed by atoms with Crippen LogP contribution in [-0.4, -0.2) is 56.0 Å². The molecular weight excluding hydrogens is 350 g/mol. The van der Waals surface area contributed by atoms with Crippen LogP contribution in [0.15, 0.2) is 54.6 Å². The summed E-state index contributed by atoms with van der Waals surface area (Å²) in [5.74, 6) is 0.937. The second-order valence-electron chi connectivity index (χ2n) is 7.46. The predicted molar refractivity (Wildman–Crippen MR) is 112 cm³/mol. The van der Waals surface area contributed by atoms with Crippen LogP contribution in [-0.2, 0) is 11.3 Å². The number of ether oxygens (including phenoxy) is 1. The van der Waals surface area contributed by atoms with Crippen LogP contribution >= 0.6 is 0 Å². The lowest BCUT2D eigenvalue weighted by Crippen LogP contribution is -2.40. The maximum Gasteiger partial charge on any atom is 0.234 e. The third kappa shape index (κ3) is 5.57. The molecule has 0 bridgehead atoms. The number of nitrogens with zero attached hydrogens (tertiary/aromatic N) is 2. The molecular formula is C23H31N3O2. The molecule has 1 aliphatic rings. The molecule has 1 N–H and O–H groups in total. The molecule has 150 valence electrons. The van der Waals surface area contributed by atoms with Gasteiger partial charge in [-0.25, -0.2) is 0 Å². The van der Waals surface area contributed by atoms with Gasteiger partial charge in [-0.1, -0.05) is 48.5 Å². The number of para-hydroxylation sites is 1. The zero-order chi connectivity index (χ0) is 19.8. The molecule has 1 heterocycles. The normalized spacial score (nSPS) is 15.5. The summed E-state index contributed by atoms with van der Waals surface area (Å²) in [5.41, 5.74) is 2.35. The molecule has 0 aromatic heterocycles. The van der Waals surface area contributed by atoms with Crippen LogP contribution in [0.3, 0.4) is 0 Å².